The van der Waals surface area contributed by atoms with Gasteiger partial charge in [-0.2, -0.15) is 0 Å². The van der Waals surface area contributed by atoms with Crippen molar-refractivity contribution >= 4 is 14.1 Å². The lowest BCUT2D eigenvalue weighted by atomic mass is 10.2. The number of hydrogen-bond acceptors (Lipinski definition) is 1. The topological polar surface area (TPSA) is 9.23 Å². The van der Waals surface area contributed by atoms with Gasteiger partial charge < -0.3 is 4.74 Å². The van der Waals surface area contributed by atoms with Crippen molar-refractivity contribution in [3.63, 3.8) is 0 Å². The lowest BCUT2D eigenvalue weighted by Gasteiger charge is -2.22. The molecule has 1 aliphatic rings. The highest BCUT2D eigenvalue weighted by molar-refractivity contribution is 6.66. The summed E-state index contributed by atoms with van der Waals surface area (Å²) in [5, 5.41) is 0. The van der Waals surface area contributed by atoms with E-state index in [9.17, 15) is 0 Å². The summed E-state index contributed by atoms with van der Waals surface area (Å²) >= 11 is 0. The Labute approximate surface area is 71.0 Å². The molecule has 0 aromatic carbocycles. The lowest BCUT2D eigenvalue weighted by Crippen LogP contribution is -2.29. The minimum atomic E-state index is -0.288. The Hall–Kier alpha value is 0.0469. The van der Waals surface area contributed by atoms with Crippen molar-refractivity contribution < 1.29 is 4.74 Å². The second-order valence-corrected chi connectivity index (χ2v) is 5.75. The van der Waals surface area contributed by atoms with Crippen LogP contribution in [0.1, 0.15) is 32.6 Å². The predicted molar refractivity (Wildman–Crippen MR) is 51.6 cm³/mol. The fourth-order valence-electron chi connectivity index (χ4n) is 1.55. The van der Waals surface area contributed by atoms with Crippen molar-refractivity contribution in [3.8, 4) is 0 Å². The third kappa shape index (κ3) is 2.87. The maximum Gasteiger partial charge on any atom is 0.0617 e. The van der Waals surface area contributed by atoms with Gasteiger partial charge in [-0.3, -0.25) is 0 Å². The standard InChI is InChI=1S/C9H18OSi/c1-3-8-11(2)9-6-4-5-7-10-9/h8-9H,3-7H2,1-2H3. The summed E-state index contributed by atoms with van der Waals surface area (Å²) in [5.74, 6) is 0. The van der Waals surface area contributed by atoms with Crippen molar-refractivity contribution in [2.75, 3.05) is 6.61 Å². The van der Waals surface area contributed by atoms with Crippen LogP contribution in [0, 0.1) is 0 Å². The van der Waals surface area contributed by atoms with Crippen LogP contribution in [-0.2, 0) is 4.74 Å². The normalized spacial score (nSPS) is 27.1. The van der Waals surface area contributed by atoms with Gasteiger partial charge in [0.15, 0.2) is 0 Å². The molecule has 1 saturated heterocycles. The molecule has 0 saturated carbocycles. The van der Waals surface area contributed by atoms with Crippen molar-refractivity contribution in [2.45, 2.75) is 44.9 Å². The zero-order chi connectivity index (χ0) is 8.10. The number of rotatable bonds is 2. The van der Waals surface area contributed by atoms with Crippen molar-refractivity contribution in [1.29, 1.82) is 0 Å². The Bertz CT molecular complexity index is 136. The van der Waals surface area contributed by atoms with Gasteiger partial charge in [-0.1, -0.05) is 13.5 Å². The molecular formula is C9H18OSi. The summed E-state index contributed by atoms with van der Waals surface area (Å²) in [6.45, 7) is 5.59. The fourth-order valence-corrected chi connectivity index (χ4v) is 3.50. The Morgan fingerprint density at radius 3 is 2.91 bits per heavy atom. The molecule has 1 aliphatic heterocycles. The van der Waals surface area contributed by atoms with Crippen LogP contribution in [0.5, 0.6) is 0 Å². The molecule has 2 heteroatoms. The van der Waals surface area contributed by atoms with Gasteiger partial charge in [0.2, 0.25) is 0 Å². The van der Waals surface area contributed by atoms with Gasteiger partial charge >= 0.3 is 0 Å². The van der Waals surface area contributed by atoms with Crippen LogP contribution < -0.4 is 0 Å². The summed E-state index contributed by atoms with van der Waals surface area (Å²) in [5.41, 5.74) is 3.08. The summed E-state index contributed by atoms with van der Waals surface area (Å²) in [6.07, 6.45) is 5.17. The first-order valence-electron chi connectivity index (χ1n) is 4.63. The van der Waals surface area contributed by atoms with Gasteiger partial charge in [-0.15, -0.1) is 5.67 Å². The molecule has 11 heavy (non-hydrogen) atoms. The first kappa shape index (κ1) is 9.14. The van der Waals surface area contributed by atoms with E-state index in [1.807, 2.05) is 0 Å². The Morgan fingerprint density at radius 2 is 2.36 bits per heavy atom. The Morgan fingerprint density at radius 1 is 1.55 bits per heavy atom. The van der Waals surface area contributed by atoms with Crippen LogP contribution in [0.2, 0.25) is 6.55 Å². The molecule has 1 rings (SSSR count). The molecule has 0 spiro atoms. The van der Waals surface area contributed by atoms with Gasteiger partial charge in [0.05, 0.1) is 5.73 Å². The molecule has 1 fully saturated rings. The summed E-state index contributed by atoms with van der Waals surface area (Å²) in [6, 6.07) is 0. The zero-order valence-electron chi connectivity index (χ0n) is 7.60. The second-order valence-electron chi connectivity index (χ2n) is 3.21. The Kier molecular flexibility index (Phi) is 4.01. The van der Waals surface area contributed by atoms with E-state index in [1.54, 1.807) is 0 Å². The van der Waals surface area contributed by atoms with Crippen molar-refractivity contribution in [1.82, 2.24) is 0 Å². The molecule has 1 atom stereocenters. The third-order valence-corrected chi connectivity index (χ3v) is 4.74. The lowest BCUT2D eigenvalue weighted by molar-refractivity contribution is 0.0648. The molecule has 1 unspecified atom stereocenters. The largest absolute Gasteiger partial charge is 0.378 e. The van der Waals surface area contributed by atoms with Crippen LogP contribution in [0.25, 0.3) is 0 Å². The average Bonchev–Trinajstić information content (AvgIpc) is 2.07. The Balaban J connectivity index is 2.38. The molecule has 0 amide bonds. The molecule has 0 N–H and O–H groups in total. The van der Waals surface area contributed by atoms with Crippen LogP contribution >= 0.6 is 0 Å². The average molecular weight is 170 g/mol. The van der Waals surface area contributed by atoms with E-state index in [4.69, 9.17) is 4.74 Å². The van der Waals surface area contributed by atoms with Gasteiger partial charge in [-0.05, 0) is 25.7 Å². The molecular weight excluding hydrogens is 152 g/mol. The third-order valence-electron chi connectivity index (χ3n) is 2.21. The van der Waals surface area contributed by atoms with E-state index in [-0.39, 0.29) is 8.41 Å². The SMILES string of the molecule is CCC=[Si](C)C1CCCCO1. The minimum absolute atomic E-state index is 0.288. The van der Waals surface area contributed by atoms with Crippen LogP contribution in [-0.4, -0.2) is 26.4 Å². The number of hydrogen-bond donors (Lipinski definition) is 0. The highest BCUT2D eigenvalue weighted by Gasteiger charge is 2.14. The molecule has 0 radical (unpaired) electrons. The molecule has 0 aliphatic carbocycles. The zero-order valence-corrected chi connectivity index (χ0v) is 8.60. The second kappa shape index (κ2) is 4.83. The predicted octanol–water partition coefficient (Wildman–Crippen LogP) is 2.01. The summed E-state index contributed by atoms with van der Waals surface area (Å²) < 4.78 is 5.71. The van der Waals surface area contributed by atoms with E-state index in [2.05, 4.69) is 19.1 Å². The molecule has 64 valence electrons. The molecule has 1 heterocycles. The highest BCUT2D eigenvalue weighted by Crippen LogP contribution is 2.12. The van der Waals surface area contributed by atoms with Crippen LogP contribution in [0.3, 0.4) is 0 Å². The van der Waals surface area contributed by atoms with E-state index in [1.165, 1.54) is 25.7 Å². The molecule has 0 aromatic rings. The van der Waals surface area contributed by atoms with E-state index >= 15 is 0 Å². The van der Waals surface area contributed by atoms with Gasteiger partial charge in [0.25, 0.3) is 0 Å². The summed E-state index contributed by atoms with van der Waals surface area (Å²) in [4.78, 5) is 0. The van der Waals surface area contributed by atoms with Crippen LogP contribution in [0.15, 0.2) is 0 Å². The van der Waals surface area contributed by atoms with Crippen LogP contribution in [0.4, 0.5) is 0 Å². The first-order valence-corrected chi connectivity index (χ1v) is 6.78. The van der Waals surface area contributed by atoms with Gasteiger partial charge in [0.1, 0.15) is 0 Å². The highest BCUT2D eigenvalue weighted by atomic mass is 28.2. The maximum atomic E-state index is 5.71. The fraction of sp³-hybridized carbons (Fsp3) is 0.889. The first-order chi connectivity index (χ1) is 5.34. The number of ether oxygens (including phenoxy) is 1. The minimum Gasteiger partial charge on any atom is -0.378 e. The maximum absolute atomic E-state index is 5.71. The van der Waals surface area contributed by atoms with E-state index in [0.717, 1.165) is 6.61 Å². The van der Waals surface area contributed by atoms with Crippen molar-refractivity contribution in [2.24, 2.45) is 0 Å². The van der Waals surface area contributed by atoms with Gasteiger partial charge in [0, 0.05) is 15.0 Å². The molecule has 0 aromatic heterocycles. The molecule has 1 nitrogen and oxygen atoms in total. The van der Waals surface area contributed by atoms with E-state index in [0.29, 0.717) is 5.73 Å². The van der Waals surface area contributed by atoms with Crippen molar-refractivity contribution in [3.05, 3.63) is 0 Å². The smallest absolute Gasteiger partial charge is 0.0617 e. The quantitative estimate of drug-likeness (QED) is 0.576. The summed E-state index contributed by atoms with van der Waals surface area (Å²) in [7, 11) is -0.288. The van der Waals surface area contributed by atoms with Gasteiger partial charge in [-0.25, -0.2) is 0 Å². The molecule has 0 bridgehead atoms. The van der Waals surface area contributed by atoms with E-state index < -0.39 is 0 Å². The monoisotopic (exact) mass is 170 g/mol.